The lowest BCUT2D eigenvalue weighted by atomic mass is 9.86. The fourth-order valence-corrected chi connectivity index (χ4v) is 2.76. The molecule has 18 heavy (non-hydrogen) atoms. The maximum atomic E-state index is 10.5. The molecule has 1 N–H and O–H groups in total. The molecule has 0 aliphatic heterocycles. The third-order valence-electron chi connectivity index (χ3n) is 2.98. The van der Waals surface area contributed by atoms with E-state index >= 15 is 0 Å². The molecule has 1 radical (unpaired) electrons. The smallest absolute Gasteiger partial charge is 0.293 e. The number of rotatable bonds is 7. The number of hydrogen-bond donors (Lipinski definition) is 1. The summed E-state index contributed by atoms with van der Waals surface area (Å²) in [5.41, 5.74) is 0.933. The Morgan fingerprint density at radius 3 is 2.72 bits per heavy atom. The zero-order valence-corrected chi connectivity index (χ0v) is 12.1. The number of hydrogen-bond acceptors (Lipinski definition) is 5. The second-order valence-electron chi connectivity index (χ2n) is 4.84. The molecule has 0 aliphatic carbocycles. The van der Waals surface area contributed by atoms with Crippen LogP contribution in [0.3, 0.4) is 0 Å². The van der Waals surface area contributed by atoms with Crippen LogP contribution in [-0.2, 0) is 4.79 Å². The first-order valence-electron chi connectivity index (χ1n) is 6.06. The average Bonchev–Trinajstić information content (AvgIpc) is 2.72. The van der Waals surface area contributed by atoms with Crippen molar-refractivity contribution in [1.29, 1.82) is 0 Å². The number of carbonyl (C=O) groups excluding carboxylic acids is 1. The number of aliphatic hydroxyl groups is 1. The summed E-state index contributed by atoms with van der Waals surface area (Å²) in [7, 11) is 3.36. The van der Waals surface area contributed by atoms with Gasteiger partial charge in [0.1, 0.15) is 11.1 Å². The third-order valence-corrected chi connectivity index (χ3v) is 4.04. The molecule has 0 saturated heterocycles. The maximum absolute atomic E-state index is 10.5. The summed E-state index contributed by atoms with van der Waals surface area (Å²) in [6.45, 7) is 6.08. The van der Waals surface area contributed by atoms with Gasteiger partial charge in [-0.15, -0.1) is 11.3 Å². The van der Waals surface area contributed by atoms with E-state index in [2.05, 4.69) is 18.8 Å². The maximum Gasteiger partial charge on any atom is 0.293 e. The zero-order chi connectivity index (χ0) is 13.7. The van der Waals surface area contributed by atoms with Crippen molar-refractivity contribution in [2.75, 3.05) is 7.05 Å². The van der Waals surface area contributed by atoms with E-state index in [1.165, 1.54) is 18.8 Å². The Balaban J connectivity index is 2.68. The van der Waals surface area contributed by atoms with Crippen molar-refractivity contribution in [1.82, 2.24) is 9.79 Å². The van der Waals surface area contributed by atoms with Crippen LogP contribution >= 0.6 is 11.3 Å². The van der Waals surface area contributed by atoms with Crippen molar-refractivity contribution < 1.29 is 9.90 Å². The van der Waals surface area contributed by atoms with Gasteiger partial charge in [0.05, 0.1) is 6.19 Å². The van der Waals surface area contributed by atoms with Gasteiger partial charge < -0.3 is 14.7 Å². The Kier molecular flexibility index (Phi) is 5.98. The predicted molar refractivity (Wildman–Crippen MR) is 75.3 cm³/mol. The number of nitrogens with zero attached hydrogens (tertiary/aromatic N) is 2. The van der Waals surface area contributed by atoms with Crippen molar-refractivity contribution >= 4 is 24.9 Å². The van der Waals surface area contributed by atoms with Crippen LogP contribution in [0.1, 0.15) is 37.1 Å². The molecule has 0 aliphatic rings. The molecule has 2 atom stereocenters. The summed E-state index contributed by atoms with van der Waals surface area (Å²) in [6.07, 6.45) is 0.777. The summed E-state index contributed by atoms with van der Waals surface area (Å²) in [5.74, 6) is 0.349. The van der Waals surface area contributed by atoms with Gasteiger partial charge in [0, 0.05) is 17.1 Å². The van der Waals surface area contributed by atoms with Crippen LogP contribution < -0.4 is 0 Å². The van der Waals surface area contributed by atoms with Gasteiger partial charge in [-0.1, -0.05) is 13.8 Å². The van der Waals surface area contributed by atoms with Crippen LogP contribution in [0.25, 0.3) is 0 Å². The van der Waals surface area contributed by atoms with Crippen molar-refractivity contribution in [3.63, 3.8) is 0 Å². The monoisotopic (exact) mass is 267 g/mol. The average molecular weight is 267 g/mol. The van der Waals surface area contributed by atoms with E-state index in [-0.39, 0.29) is 6.04 Å². The van der Waals surface area contributed by atoms with E-state index in [1.54, 1.807) is 0 Å². The fraction of sp³-hybridized carbons (Fsp3) is 0.667. The summed E-state index contributed by atoms with van der Waals surface area (Å²) in [6, 6.07) is 0.120. The van der Waals surface area contributed by atoms with Crippen LogP contribution in [0.2, 0.25) is 0 Å². The molecular formula is C12H20BN2O2S. The molecule has 0 spiro atoms. The summed E-state index contributed by atoms with van der Waals surface area (Å²) in [4.78, 5) is 16.7. The van der Waals surface area contributed by atoms with Crippen molar-refractivity contribution in [3.8, 4) is 0 Å². The lowest BCUT2D eigenvalue weighted by Gasteiger charge is -2.31. The highest BCUT2D eigenvalue weighted by Gasteiger charge is 2.24. The first-order valence-corrected chi connectivity index (χ1v) is 6.94. The highest BCUT2D eigenvalue weighted by atomic mass is 32.1. The number of carbonyl (C=O) groups is 1. The number of thiazole rings is 1. The standard InChI is InChI=1S/C12H20BN2O2S/c1-8(2)10(15(4)13-7-16)5-11(17)12-14-9(3)6-18-12/h6-8,10-11,17H,5H2,1-4H3/t10?,11-/m0/s1. The molecule has 0 fully saturated rings. The van der Waals surface area contributed by atoms with E-state index in [9.17, 15) is 9.90 Å². The van der Waals surface area contributed by atoms with Gasteiger partial charge in [0.25, 0.3) is 7.41 Å². The largest absolute Gasteiger partial charge is 0.386 e. The Labute approximate surface area is 113 Å². The molecule has 99 valence electrons. The predicted octanol–water partition coefficient (Wildman–Crippen LogP) is 1.64. The Hall–Kier alpha value is -0.715. The summed E-state index contributed by atoms with van der Waals surface area (Å²) in [5, 5.41) is 12.9. The second kappa shape index (κ2) is 7.02. The van der Waals surface area contributed by atoms with Crippen LogP contribution in [0.5, 0.6) is 0 Å². The molecule has 1 unspecified atom stereocenters. The minimum absolute atomic E-state index is 0.120. The van der Waals surface area contributed by atoms with Gasteiger partial charge in [-0.3, -0.25) is 0 Å². The van der Waals surface area contributed by atoms with Gasteiger partial charge >= 0.3 is 0 Å². The van der Waals surface area contributed by atoms with E-state index in [4.69, 9.17) is 0 Å². The Morgan fingerprint density at radius 2 is 2.28 bits per heavy atom. The summed E-state index contributed by atoms with van der Waals surface area (Å²) < 4.78 is 0. The number of aliphatic hydroxyl groups excluding tert-OH is 1. The molecular weight excluding hydrogens is 247 g/mol. The molecule has 0 amide bonds. The van der Waals surface area contributed by atoms with E-state index in [1.807, 2.05) is 24.2 Å². The number of aryl methyl sites for hydroxylation is 1. The highest BCUT2D eigenvalue weighted by Crippen LogP contribution is 2.26. The quantitative estimate of drug-likeness (QED) is 0.602. The minimum Gasteiger partial charge on any atom is -0.386 e. The SMILES string of the molecule is Cc1csc([C@@H](O)CC(C(C)C)N(C)[B]C=O)n1. The second-order valence-corrected chi connectivity index (χ2v) is 5.73. The van der Waals surface area contributed by atoms with E-state index in [0.717, 1.165) is 16.9 Å². The molecule has 1 rings (SSSR count). The summed E-state index contributed by atoms with van der Waals surface area (Å²) >= 11 is 1.48. The van der Waals surface area contributed by atoms with Gasteiger partial charge in [0.2, 0.25) is 0 Å². The Bertz CT molecular complexity index is 384. The van der Waals surface area contributed by atoms with Crippen molar-refractivity contribution in [2.45, 2.75) is 39.3 Å². The lowest BCUT2D eigenvalue weighted by molar-refractivity contribution is 0.122. The highest BCUT2D eigenvalue weighted by molar-refractivity contribution is 7.09. The Morgan fingerprint density at radius 1 is 1.61 bits per heavy atom. The zero-order valence-electron chi connectivity index (χ0n) is 11.3. The molecule has 1 heterocycles. The molecule has 1 aromatic heterocycles. The number of aromatic nitrogens is 1. The molecule has 0 aromatic carbocycles. The van der Waals surface area contributed by atoms with E-state index < -0.39 is 6.10 Å². The normalized spacial score (nSPS) is 14.8. The molecule has 0 saturated carbocycles. The van der Waals surface area contributed by atoms with Crippen LogP contribution in [0.4, 0.5) is 0 Å². The lowest BCUT2D eigenvalue weighted by Crippen LogP contribution is -2.40. The molecule has 6 heteroatoms. The minimum atomic E-state index is -0.571. The molecule has 4 nitrogen and oxygen atoms in total. The van der Waals surface area contributed by atoms with Crippen molar-refractivity contribution in [2.24, 2.45) is 5.92 Å². The van der Waals surface area contributed by atoms with Gasteiger partial charge in [-0.05, 0) is 26.3 Å². The van der Waals surface area contributed by atoms with Gasteiger partial charge in [-0.25, -0.2) is 4.98 Å². The van der Waals surface area contributed by atoms with Crippen molar-refractivity contribution in [3.05, 3.63) is 16.1 Å². The first-order chi connectivity index (χ1) is 8.45. The van der Waals surface area contributed by atoms with Gasteiger partial charge in [-0.2, -0.15) is 0 Å². The van der Waals surface area contributed by atoms with Crippen LogP contribution in [-0.4, -0.2) is 41.6 Å². The van der Waals surface area contributed by atoms with Crippen LogP contribution in [0.15, 0.2) is 5.38 Å². The first kappa shape index (κ1) is 15.3. The van der Waals surface area contributed by atoms with Gasteiger partial charge in [0.15, 0.2) is 0 Å². The molecule has 0 bridgehead atoms. The molecule has 1 aromatic rings. The van der Waals surface area contributed by atoms with Crippen LogP contribution in [0, 0.1) is 12.8 Å². The topological polar surface area (TPSA) is 53.4 Å². The van der Waals surface area contributed by atoms with E-state index in [0.29, 0.717) is 12.3 Å². The third kappa shape index (κ3) is 4.19. The fourth-order valence-electron chi connectivity index (χ4n) is 1.97.